The highest BCUT2D eigenvalue weighted by Gasteiger charge is 2.11. The van der Waals surface area contributed by atoms with Crippen LogP contribution in [-0.2, 0) is 19.4 Å². The second kappa shape index (κ2) is 5.27. The molecule has 0 atom stereocenters. The molecule has 2 aromatic heterocycles. The van der Waals surface area contributed by atoms with Crippen LogP contribution in [0.1, 0.15) is 30.9 Å². The number of hydrogen-bond donors (Lipinski definition) is 0. The first kappa shape index (κ1) is 12.0. The lowest BCUT2D eigenvalue weighted by Crippen LogP contribution is -2.06. The summed E-state index contributed by atoms with van der Waals surface area (Å²) in [6, 6.07) is 0. The fourth-order valence-electron chi connectivity index (χ4n) is 1.59. The van der Waals surface area contributed by atoms with Gasteiger partial charge in [-0.15, -0.1) is 10.2 Å². The van der Waals surface area contributed by atoms with Crippen molar-refractivity contribution in [3.63, 3.8) is 0 Å². The first-order valence-corrected chi connectivity index (χ1v) is 5.95. The van der Waals surface area contributed by atoms with Crippen molar-refractivity contribution in [3.8, 4) is 0 Å². The molecule has 0 unspecified atom stereocenters. The molecule has 0 aliphatic rings. The highest BCUT2D eigenvalue weighted by Crippen LogP contribution is 2.11. The van der Waals surface area contributed by atoms with Crippen molar-refractivity contribution in [1.29, 1.82) is 0 Å². The van der Waals surface area contributed by atoms with Crippen LogP contribution in [0.25, 0.3) is 0 Å². The number of nitrogens with zero attached hydrogens (tertiary/aromatic N) is 5. The molecule has 0 aliphatic heterocycles. The third-order valence-corrected chi connectivity index (χ3v) is 2.65. The molecular weight excluding hydrogens is 242 g/mol. The van der Waals surface area contributed by atoms with Gasteiger partial charge in [0.1, 0.15) is 5.82 Å². The van der Waals surface area contributed by atoms with E-state index < -0.39 is 0 Å². The summed E-state index contributed by atoms with van der Waals surface area (Å²) >= 11 is 5.97. The fourth-order valence-corrected chi connectivity index (χ4v) is 1.81. The fraction of sp³-hybridized carbons (Fsp3) is 0.600. The van der Waals surface area contributed by atoms with Crippen LogP contribution in [0.2, 0.25) is 5.28 Å². The minimum atomic E-state index is 0.407. The van der Waals surface area contributed by atoms with Crippen LogP contribution in [0.3, 0.4) is 0 Å². The Morgan fingerprint density at radius 2 is 2.12 bits per heavy atom. The SMILES string of the molecule is CCCc1nnc(Cl)n1CCc1nc(C)no1. The molecule has 0 bridgehead atoms. The highest BCUT2D eigenvalue weighted by molar-refractivity contribution is 6.28. The molecule has 0 N–H and O–H groups in total. The van der Waals surface area contributed by atoms with Gasteiger partial charge in [0.05, 0.1) is 0 Å². The molecule has 0 radical (unpaired) electrons. The molecule has 0 saturated heterocycles. The van der Waals surface area contributed by atoms with Crippen molar-refractivity contribution in [2.24, 2.45) is 0 Å². The standard InChI is InChI=1S/C10H14ClN5O/c1-3-4-8-13-14-10(11)16(8)6-5-9-12-7(2)15-17-9/h3-6H2,1-2H3. The van der Waals surface area contributed by atoms with Crippen LogP contribution in [0.15, 0.2) is 4.52 Å². The molecule has 2 aromatic rings. The lowest BCUT2D eigenvalue weighted by Gasteiger charge is -2.04. The Labute approximate surface area is 104 Å². The van der Waals surface area contributed by atoms with E-state index in [-0.39, 0.29) is 0 Å². The summed E-state index contributed by atoms with van der Waals surface area (Å²) in [7, 11) is 0. The van der Waals surface area contributed by atoms with E-state index in [1.165, 1.54) is 0 Å². The Morgan fingerprint density at radius 1 is 1.29 bits per heavy atom. The molecule has 0 spiro atoms. The van der Waals surface area contributed by atoms with Crippen LogP contribution >= 0.6 is 11.6 Å². The smallest absolute Gasteiger partial charge is 0.228 e. The number of aromatic nitrogens is 5. The van der Waals surface area contributed by atoms with Crippen molar-refractivity contribution >= 4 is 11.6 Å². The van der Waals surface area contributed by atoms with E-state index in [4.69, 9.17) is 16.1 Å². The van der Waals surface area contributed by atoms with Gasteiger partial charge in [0, 0.05) is 19.4 Å². The Balaban J connectivity index is 2.05. The van der Waals surface area contributed by atoms with Gasteiger partial charge >= 0.3 is 0 Å². The maximum atomic E-state index is 5.97. The van der Waals surface area contributed by atoms with Crippen LogP contribution in [-0.4, -0.2) is 24.9 Å². The molecule has 17 heavy (non-hydrogen) atoms. The largest absolute Gasteiger partial charge is 0.339 e. The molecule has 0 saturated carbocycles. The summed E-state index contributed by atoms with van der Waals surface area (Å²) in [5.74, 6) is 2.15. The third-order valence-electron chi connectivity index (χ3n) is 2.37. The van der Waals surface area contributed by atoms with E-state index in [1.54, 1.807) is 6.92 Å². The molecule has 2 heterocycles. The first-order chi connectivity index (χ1) is 8.20. The summed E-state index contributed by atoms with van der Waals surface area (Å²) in [5.41, 5.74) is 0. The zero-order valence-electron chi connectivity index (χ0n) is 9.85. The molecule has 0 fully saturated rings. The van der Waals surface area contributed by atoms with Gasteiger partial charge in [-0.2, -0.15) is 4.98 Å². The summed E-state index contributed by atoms with van der Waals surface area (Å²) < 4.78 is 6.92. The number of rotatable bonds is 5. The third kappa shape index (κ3) is 2.82. The maximum absolute atomic E-state index is 5.97. The molecule has 0 amide bonds. The Hall–Kier alpha value is -1.43. The van der Waals surface area contributed by atoms with E-state index in [2.05, 4.69) is 27.3 Å². The van der Waals surface area contributed by atoms with E-state index in [0.717, 1.165) is 18.7 Å². The Kier molecular flexibility index (Phi) is 3.73. The minimum Gasteiger partial charge on any atom is -0.339 e. The zero-order valence-corrected chi connectivity index (χ0v) is 10.6. The molecular formula is C10H14ClN5O. The van der Waals surface area contributed by atoms with E-state index >= 15 is 0 Å². The van der Waals surface area contributed by atoms with Crippen LogP contribution in [0.4, 0.5) is 0 Å². The zero-order chi connectivity index (χ0) is 12.3. The minimum absolute atomic E-state index is 0.407. The Bertz CT molecular complexity index is 493. The topological polar surface area (TPSA) is 69.6 Å². The average Bonchev–Trinajstić information content (AvgIpc) is 2.85. The normalized spacial score (nSPS) is 11.0. The number of halogens is 1. The second-order valence-electron chi connectivity index (χ2n) is 3.77. The summed E-state index contributed by atoms with van der Waals surface area (Å²) in [6.45, 7) is 4.54. The molecule has 0 aromatic carbocycles. The van der Waals surface area contributed by atoms with Gasteiger partial charge in [0.15, 0.2) is 5.82 Å². The van der Waals surface area contributed by atoms with Crippen LogP contribution in [0.5, 0.6) is 0 Å². The summed E-state index contributed by atoms with van der Waals surface area (Å²) in [5, 5.41) is 12.0. The first-order valence-electron chi connectivity index (χ1n) is 5.57. The van der Waals surface area contributed by atoms with Crippen molar-refractivity contribution < 1.29 is 4.52 Å². The van der Waals surface area contributed by atoms with Gasteiger partial charge in [-0.3, -0.25) is 0 Å². The van der Waals surface area contributed by atoms with Gasteiger partial charge in [-0.1, -0.05) is 12.1 Å². The predicted molar refractivity (Wildman–Crippen MR) is 61.8 cm³/mol. The van der Waals surface area contributed by atoms with E-state index in [9.17, 15) is 0 Å². The summed E-state index contributed by atoms with van der Waals surface area (Å²) in [6.07, 6.45) is 2.51. The average molecular weight is 256 g/mol. The Morgan fingerprint density at radius 3 is 2.76 bits per heavy atom. The molecule has 7 heteroatoms. The van der Waals surface area contributed by atoms with Crippen molar-refractivity contribution in [3.05, 3.63) is 22.8 Å². The quantitative estimate of drug-likeness (QED) is 0.815. The molecule has 0 aliphatic carbocycles. The van der Waals surface area contributed by atoms with E-state index in [1.807, 2.05) is 4.57 Å². The number of aryl methyl sites for hydroxylation is 3. The predicted octanol–water partition coefficient (Wildman–Crippen LogP) is 1.82. The van der Waals surface area contributed by atoms with Crippen molar-refractivity contribution in [1.82, 2.24) is 24.9 Å². The molecule has 6 nitrogen and oxygen atoms in total. The summed E-state index contributed by atoms with van der Waals surface area (Å²) in [4.78, 5) is 4.14. The second-order valence-corrected chi connectivity index (χ2v) is 4.11. The lowest BCUT2D eigenvalue weighted by atomic mass is 10.3. The molecule has 2 rings (SSSR count). The highest BCUT2D eigenvalue weighted by atomic mass is 35.5. The van der Waals surface area contributed by atoms with Crippen LogP contribution in [0, 0.1) is 6.92 Å². The van der Waals surface area contributed by atoms with Crippen molar-refractivity contribution in [2.45, 2.75) is 39.7 Å². The van der Waals surface area contributed by atoms with Gasteiger partial charge in [-0.05, 0) is 24.9 Å². The van der Waals surface area contributed by atoms with E-state index in [0.29, 0.717) is 30.0 Å². The van der Waals surface area contributed by atoms with Crippen molar-refractivity contribution in [2.75, 3.05) is 0 Å². The van der Waals surface area contributed by atoms with Gasteiger partial charge < -0.3 is 9.09 Å². The van der Waals surface area contributed by atoms with Gasteiger partial charge in [-0.25, -0.2) is 0 Å². The lowest BCUT2D eigenvalue weighted by molar-refractivity contribution is 0.367. The van der Waals surface area contributed by atoms with Crippen LogP contribution < -0.4 is 0 Å². The maximum Gasteiger partial charge on any atom is 0.228 e. The monoisotopic (exact) mass is 255 g/mol. The molecule has 92 valence electrons. The van der Waals surface area contributed by atoms with Gasteiger partial charge in [0.2, 0.25) is 11.2 Å². The van der Waals surface area contributed by atoms with Gasteiger partial charge in [0.25, 0.3) is 0 Å². The number of hydrogen-bond acceptors (Lipinski definition) is 5.